The van der Waals surface area contributed by atoms with Crippen molar-refractivity contribution in [3.05, 3.63) is 522 Å². The Hall–Kier alpha value is -20.1. The van der Waals surface area contributed by atoms with Crippen LogP contribution in [0.25, 0.3) is 307 Å². The van der Waals surface area contributed by atoms with E-state index >= 15 is 0 Å². The van der Waals surface area contributed by atoms with E-state index in [-0.39, 0.29) is 0 Å². The summed E-state index contributed by atoms with van der Waals surface area (Å²) in [6.07, 6.45) is 0. The molecule has 0 unspecified atom stereocenters. The van der Waals surface area contributed by atoms with Crippen molar-refractivity contribution < 1.29 is 0 Å². The van der Waals surface area contributed by atoms with E-state index in [1.807, 2.05) is 0 Å². The van der Waals surface area contributed by atoms with Crippen LogP contribution in [0.2, 0.25) is 0 Å². The normalized spacial score (nSPS) is 12.0. The predicted molar refractivity (Wildman–Crippen MR) is 633 cm³/mol. The van der Waals surface area contributed by atoms with Crippen LogP contribution in [-0.4, -0.2) is 37.7 Å². The third-order valence-corrected chi connectivity index (χ3v) is 31.6. The number of imidazole rings is 3. The Balaban J connectivity index is 0.000000101. The topological polar surface area (TPSA) is 69.7 Å². The third kappa shape index (κ3) is 13.4. The van der Waals surface area contributed by atoms with Crippen LogP contribution in [-0.2, 0) is 0 Å². The number of pyridine rings is 4. The lowest BCUT2D eigenvalue weighted by molar-refractivity contribution is 1.18. The van der Waals surface area contributed by atoms with Crippen molar-refractivity contribution in [1.82, 2.24) is 37.7 Å². The summed E-state index contributed by atoms with van der Waals surface area (Å²) in [5.74, 6) is 0. The summed E-state index contributed by atoms with van der Waals surface area (Å²) in [5.41, 5.74) is 33.9. The zero-order chi connectivity index (χ0) is 98.3. The molecule has 8 heterocycles. The minimum atomic E-state index is 0.968. The van der Waals surface area contributed by atoms with Crippen molar-refractivity contribution >= 4 is 223 Å². The number of fused-ring (bicyclic) bond motifs is 42. The Morgan fingerprint density at radius 1 is 0.140 bits per heavy atom. The summed E-state index contributed by atoms with van der Waals surface area (Å²) in [4.78, 5) is 21.4. The van der Waals surface area contributed by atoms with Crippen LogP contribution in [0, 0.1) is 0 Å². The molecular formula is C142H86N8. The van der Waals surface area contributed by atoms with E-state index in [4.69, 9.17) is 19.9 Å². The van der Waals surface area contributed by atoms with Gasteiger partial charge in [0.25, 0.3) is 0 Å². The zero-order valence-electron chi connectivity index (χ0n) is 81.2. The van der Waals surface area contributed by atoms with Gasteiger partial charge < -0.3 is 4.57 Å². The summed E-state index contributed by atoms with van der Waals surface area (Å²) < 4.78 is 9.59. The highest BCUT2D eigenvalue weighted by molar-refractivity contribution is 6.29. The van der Waals surface area contributed by atoms with Gasteiger partial charge in [-0.2, -0.15) is 0 Å². The standard InChI is InChI=1S/C49H29N3.C48H29N3.C45H28N2/c1-4-15-36-31(11-1)22-26-43-46(36)41-18-7-8-19-42(41)51(43)35-14-9-13-33(28-35)34-21-24-39-40-25-20-30-10-2-5-16-37(30)47(40)49-50-48-38-17-6-3-12-32(38)23-27-44(48)52(49)45(39)29-34;1-2-10-31(11-3-1)41-29-43(49-42-17-9-8-16-38(41)42)34-20-18-30(19-21-34)35-23-25-39-40-26-22-32-12-4-6-14-36(32)46(40)48-50-47-37-15-7-5-13-33(37)24-27-44(47)51(48)45(39)28-35;1-2-8-29(9-3-1)30-14-16-31(17-15-30)32-18-20-33(21-19-32)36-23-25-39-40-26-22-34-10-4-6-12-37(34)43(40)45-46-44-38-13-7-5-11-35(38)24-27-41(44)47(45)42(39)28-36/h1-29H;1-29H;1-28H. The van der Waals surface area contributed by atoms with E-state index in [1.165, 1.54) is 207 Å². The number of hydrogen-bond acceptors (Lipinski definition) is 4. The monoisotopic (exact) mass is 1900 g/mol. The van der Waals surface area contributed by atoms with E-state index < -0.39 is 0 Å². The molecule has 33 aromatic rings. The van der Waals surface area contributed by atoms with Crippen LogP contribution >= 0.6 is 0 Å². The first-order chi connectivity index (χ1) is 74.4. The largest absolute Gasteiger partial charge is 0.309 e. The summed E-state index contributed by atoms with van der Waals surface area (Å²) in [6, 6.07) is 189. The molecule has 0 N–H and O–H groups in total. The lowest BCUT2D eigenvalue weighted by Crippen LogP contribution is -1.95. The van der Waals surface area contributed by atoms with E-state index in [2.05, 4.69) is 539 Å². The number of nitrogens with zero attached hydrogens (tertiary/aromatic N) is 8. The highest BCUT2D eigenvalue weighted by atomic mass is 15.0. The van der Waals surface area contributed by atoms with Gasteiger partial charge in [0.2, 0.25) is 0 Å². The number of benzene rings is 25. The molecule has 0 aliphatic carbocycles. The average Bonchev–Trinajstić information content (AvgIpc) is 1.56. The summed E-state index contributed by atoms with van der Waals surface area (Å²) in [7, 11) is 0. The van der Waals surface area contributed by atoms with Crippen LogP contribution < -0.4 is 0 Å². The molecule has 0 spiro atoms. The molecule has 0 aliphatic heterocycles. The van der Waals surface area contributed by atoms with Gasteiger partial charge in [0.1, 0.15) is 16.9 Å². The Morgan fingerprint density at radius 3 is 0.847 bits per heavy atom. The van der Waals surface area contributed by atoms with Gasteiger partial charge in [-0.05, 0) is 215 Å². The van der Waals surface area contributed by atoms with Gasteiger partial charge in [-0.25, -0.2) is 19.9 Å². The summed E-state index contributed by atoms with van der Waals surface area (Å²) in [5, 5.41) is 31.6. The SMILES string of the molecule is c1cc(-c2ccc3c4ccc5ccccc5c4c4nc5c6ccccc6ccc5n4c3c2)cc(-n2c3ccccc3c3c4ccccc4ccc32)c1.c1ccc(-c2cc(-c3ccc(-c4ccc5c6ccc7ccccc7c6c6nc7c8ccccc8ccc7n6c5c4)cc3)nc3ccccc23)cc1.c1ccc(-c2ccc(-c3ccc(-c4ccc5c6ccc7ccccc7c6c6nc7c8ccccc8ccc7n6c5c4)cc3)cc2)cc1. The quantitative estimate of drug-likeness (QED) is 0.142. The second-order valence-electron chi connectivity index (χ2n) is 39.7. The average molecular weight is 1900 g/mol. The van der Waals surface area contributed by atoms with Crippen LogP contribution in [0.3, 0.4) is 0 Å². The molecule has 0 saturated heterocycles. The second-order valence-corrected chi connectivity index (χ2v) is 39.7. The molecule has 8 aromatic heterocycles. The molecular weight excluding hydrogens is 1820 g/mol. The fraction of sp³-hybridized carbons (Fsp3) is 0. The molecule has 8 heteroatoms. The van der Waals surface area contributed by atoms with Crippen molar-refractivity contribution in [2.75, 3.05) is 0 Å². The molecule has 0 saturated carbocycles. The highest BCUT2D eigenvalue weighted by Gasteiger charge is 2.26. The lowest BCUT2D eigenvalue weighted by Gasteiger charge is -2.14. The first-order valence-electron chi connectivity index (χ1n) is 51.4. The van der Waals surface area contributed by atoms with E-state index in [0.717, 1.165) is 100 Å². The van der Waals surface area contributed by atoms with Gasteiger partial charge >= 0.3 is 0 Å². The third-order valence-electron chi connectivity index (χ3n) is 31.6. The molecule has 0 bridgehead atoms. The molecule has 0 fully saturated rings. The van der Waals surface area contributed by atoms with E-state index in [1.54, 1.807) is 0 Å². The Kier molecular flexibility index (Phi) is 19.0. The first-order valence-corrected chi connectivity index (χ1v) is 51.4. The maximum atomic E-state index is 5.46. The van der Waals surface area contributed by atoms with Crippen LogP contribution in [0.15, 0.2) is 522 Å². The lowest BCUT2D eigenvalue weighted by atomic mass is 9.96. The van der Waals surface area contributed by atoms with Crippen LogP contribution in [0.4, 0.5) is 0 Å². The maximum absolute atomic E-state index is 5.46. The molecule has 694 valence electrons. The van der Waals surface area contributed by atoms with Gasteiger partial charge in [0, 0.05) is 75.9 Å². The van der Waals surface area contributed by atoms with E-state index in [0.29, 0.717) is 0 Å². The summed E-state index contributed by atoms with van der Waals surface area (Å²) >= 11 is 0. The smallest absolute Gasteiger partial charge is 0.147 e. The maximum Gasteiger partial charge on any atom is 0.147 e. The molecule has 8 nitrogen and oxygen atoms in total. The van der Waals surface area contributed by atoms with Gasteiger partial charge in [-0.1, -0.05) is 449 Å². The minimum absolute atomic E-state index is 0.968. The number of aromatic nitrogens is 8. The molecule has 0 radical (unpaired) electrons. The van der Waals surface area contributed by atoms with Crippen LogP contribution in [0.1, 0.15) is 0 Å². The number of para-hydroxylation sites is 2. The Bertz CT molecular complexity index is 11500. The molecule has 0 amide bonds. The van der Waals surface area contributed by atoms with Crippen molar-refractivity contribution in [3.63, 3.8) is 0 Å². The van der Waals surface area contributed by atoms with Gasteiger partial charge in [-0.3, -0.25) is 13.2 Å². The highest BCUT2D eigenvalue weighted by Crippen LogP contribution is 2.48. The minimum Gasteiger partial charge on any atom is -0.309 e. The Labute approximate surface area is 860 Å². The van der Waals surface area contributed by atoms with Crippen molar-refractivity contribution in [3.8, 4) is 83.7 Å². The fourth-order valence-corrected chi connectivity index (χ4v) is 24.4. The van der Waals surface area contributed by atoms with Crippen molar-refractivity contribution in [1.29, 1.82) is 0 Å². The van der Waals surface area contributed by atoms with Crippen LogP contribution in [0.5, 0.6) is 0 Å². The van der Waals surface area contributed by atoms with Gasteiger partial charge in [-0.15, -0.1) is 0 Å². The molecule has 0 aliphatic rings. The number of hydrogen-bond donors (Lipinski definition) is 0. The summed E-state index contributed by atoms with van der Waals surface area (Å²) in [6.45, 7) is 0. The second kappa shape index (κ2) is 33.8. The fourth-order valence-electron chi connectivity index (χ4n) is 24.4. The molecule has 25 aromatic carbocycles. The predicted octanol–water partition coefficient (Wildman–Crippen LogP) is 37.8. The molecule has 33 rings (SSSR count). The van der Waals surface area contributed by atoms with Gasteiger partial charge in [0.05, 0.1) is 71.9 Å². The number of rotatable bonds is 8. The van der Waals surface area contributed by atoms with Gasteiger partial charge in [0.15, 0.2) is 0 Å². The van der Waals surface area contributed by atoms with E-state index in [9.17, 15) is 0 Å². The zero-order valence-corrected chi connectivity index (χ0v) is 81.2. The van der Waals surface area contributed by atoms with Crippen molar-refractivity contribution in [2.24, 2.45) is 0 Å². The molecule has 0 atom stereocenters. The van der Waals surface area contributed by atoms with Crippen molar-refractivity contribution in [2.45, 2.75) is 0 Å². The first kappa shape index (κ1) is 84.5. The molecule has 150 heavy (non-hydrogen) atoms. The Morgan fingerprint density at radius 2 is 0.427 bits per heavy atom.